The van der Waals surface area contributed by atoms with E-state index in [2.05, 4.69) is 42.3 Å². The first kappa shape index (κ1) is 17.2. The summed E-state index contributed by atoms with van der Waals surface area (Å²) in [6.45, 7) is 7.61. The molecule has 0 saturated carbocycles. The quantitative estimate of drug-likeness (QED) is 0.854. The zero-order chi connectivity index (χ0) is 17.1. The molecule has 2 nitrogen and oxygen atoms in total. The maximum atomic E-state index is 13.1. The number of nitrogens with zero attached hydrogens (tertiary/aromatic N) is 1. The van der Waals surface area contributed by atoms with Crippen LogP contribution in [0.15, 0.2) is 46.2 Å². The Labute approximate surface area is 146 Å². The third-order valence-corrected chi connectivity index (χ3v) is 5.49. The normalized spacial score (nSPS) is 15.1. The van der Waals surface area contributed by atoms with Crippen molar-refractivity contribution in [1.29, 1.82) is 0 Å². The third-order valence-electron chi connectivity index (χ3n) is 4.24. The fraction of sp³-hybridized carbons (Fsp3) is 0.368. The maximum Gasteiger partial charge on any atom is 0.263 e. The smallest absolute Gasteiger partial charge is 0.263 e. The molecule has 0 aliphatic carbocycles. The van der Waals surface area contributed by atoms with E-state index < -0.39 is 6.43 Å². The second kappa shape index (κ2) is 7.53. The van der Waals surface area contributed by atoms with Crippen molar-refractivity contribution in [2.45, 2.75) is 30.1 Å². The minimum atomic E-state index is -2.44. The summed E-state index contributed by atoms with van der Waals surface area (Å²) in [4.78, 5) is 4.41. The second-order valence-electron chi connectivity index (χ2n) is 6.14. The van der Waals surface area contributed by atoms with Gasteiger partial charge in [-0.3, -0.25) is 0 Å². The highest BCUT2D eigenvalue weighted by Crippen LogP contribution is 2.39. The van der Waals surface area contributed by atoms with Crippen LogP contribution in [0.3, 0.4) is 0 Å². The fourth-order valence-corrected chi connectivity index (χ4v) is 3.96. The van der Waals surface area contributed by atoms with Gasteiger partial charge in [0.1, 0.15) is 0 Å². The molecule has 128 valence electrons. The molecule has 0 atom stereocenters. The number of nitrogens with one attached hydrogen (secondary N) is 1. The van der Waals surface area contributed by atoms with Crippen molar-refractivity contribution in [3.05, 3.63) is 53.1 Å². The SMILES string of the molecule is Cc1ccc(Sc2ccc(C(F)F)cc2N2CCNCC2)c(C)c1. The number of hydrogen-bond donors (Lipinski definition) is 1. The van der Waals surface area contributed by atoms with Crippen molar-refractivity contribution >= 4 is 17.4 Å². The van der Waals surface area contributed by atoms with Gasteiger partial charge in [0.15, 0.2) is 0 Å². The Kier molecular flexibility index (Phi) is 5.41. The number of anilines is 1. The molecular formula is C19H22F2N2S. The summed E-state index contributed by atoms with van der Waals surface area (Å²) in [7, 11) is 0. The van der Waals surface area contributed by atoms with Crippen molar-refractivity contribution in [1.82, 2.24) is 5.32 Å². The van der Waals surface area contributed by atoms with E-state index in [1.807, 2.05) is 6.07 Å². The summed E-state index contributed by atoms with van der Waals surface area (Å²) < 4.78 is 26.3. The minimum Gasteiger partial charge on any atom is -0.368 e. The number of aryl methyl sites for hydroxylation is 2. The van der Waals surface area contributed by atoms with E-state index in [0.29, 0.717) is 0 Å². The molecule has 1 aliphatic rings. The van der Waals surface area contributed by atoms with Crippen molar-refractivity contribution in [3.63, 3.8) is 0 Å². The molecule has 0 amide bonds. The lowest BCUT2D eigenvalue weighted by molar-refractivity contribution is 0.151. The highest BCUT2D eigenvalue weighted by atomic mass is 32.2. The molecule has 0 spiro atoms. The van der Waals surface area contributed by atoms with Gasteiger partial charge in [0.25, 0.3) is 6.43 Å². The summed E-state index contributed by atoms with van der Waals surface area (Å²) in [5.41, 5.74) is 3.45. The summed E-state index contributed by atoms with van der Waals surface area (Å²) in [6.07, 6.45) is -2.44. The topological polar surface area (TPSA) is 15.3 Å². The van der Waals surface area contributed by atoms with E-state index in [1.54, 1.807) is 23.9 Å². The molecule has 2 aromatic carbocycles. The van der Waals surface area contributed by atoms with Crippen molar-refractivity contribution in [3.8, 4) is 0 Å². The molecule has 0 radical (unpaired) electrons. The number of piperazine rings is 1. The van der Waals surface area contributed by atoms with Gasteiger partial charge in [-0.2, -0.15) is 0 Å². The van der Waals surface area contributed by atoms with Gasteiger partial charge < -0.3 is 10.2 Å². The van der Waals surface area contributed by atoms with Crippen molar-refractivity contribution in [2.75, 3.05) is 31.1 Å². The van der Waals surface area contributed by atoms with Gasteiger partial charge in [0, 0.05) is 41.5 Å². The van der Waals surface area contributed by atoms with Crippen LogP contribution in [0.1, 0.15) is 23.1 Å². The zero-order valence-electron chi connectivity index (χ0n) is 14.0. The van der Waals surface area contributed by atoms with Crippen LogP contribution in [0.2, 0.25) is 0 Å². The molecule has 24 heavy (non-hydrogen) atoms. The van der Waals surface area contributed by atoms with Gasteiger partial charge in [-0.1, -0.05) is 35.5 Å². The lowest BCUT2D eigenvalue weighted by atomic mass is 10.1. The molecular weight excluding hydrogens is 326 g/mol. The van der Waals surface area contributed by atoms with Crippen LogP contribution in [-0.4, -0.2) is 26.2 Å². The molecule has 0 bridgehead atoms. The van der Waals surface area contributed by atoms with E-state index in [4.69, 9.17) is 0 Å². The second-order valence-corrected chi connectivity index (χ2v) is 7.22. The van der Waals surface area contributed by atoms with Crippen LogP contribution in [0.5, 0.6) is 0 Å². The van der Waals surface area contributed by atoms with Gasteiger partial charge in [0.05, 0.1) is 5.69 Å². The number of halogens is 2. The molecule has 1 saturated heterocycles. The summed E-state index contributed by atoms with van der Waals surface area (Å²) in [5, 5.41) is 3.31. The maximum absolute atomic E-state index is 13.1. The standard InChI is InChI=1S/C19H22F2N2S/c1-13-3-5-17(14(2)11-13)24-18-6-4-15(19(20)21)12-16(18)23-9-7-22-8-10-23/h3-6,11-12,19,22H,7-10H2,1-2H3. The summed E-state index contributed by atoms with van der Waals surface area (Å²) in [5.74, 6) is 0. The first-order chi connectivity index (χ1) is 11.5. The summed E-state index contributed by atoms with van der Waals surface area (Å²) >= 11 is 1.66. The number of benzene rings is 2. The lowest BCUT2D eigenvalue weighted by Gasteiger charge is -2.31. The van der Waals surface area contributed by atoms with Crippen LogP contribution in [0.25, 0.3) is 0 Å². The Hall–Kier alpha value is -1.59. The predicted molar refractivity (Wildman–Crippen MR) is 96.5 cm³/mol. The zero-order valence-corrected chi connectivity index (χ0v) is 14.8. The molecule has 1 heterocycles. The van der Waals surface area contributed by atoms with Gasteiger partial charge in [-0.05, 0) is 37.6 Å². The number of alkyl halides is 2. The Morgan fingerprint density at radius 3 is 2.38 bits per heavy atom. The van der Waals surface area contributed by atoms with Crippen LogP contribution >= 0.6 is 11.8 Å². The van der Waals surface area contributed by atoms with E-state index in [0.717, 1.165) is 36.8 Å². The Bertz CT molecular complexity index is 713. The highest BCUT2D eigenvalue weighted by molar-refractivity contribution is 7.99. The first-order valence-electron chi connectivity index (χ1n) is 8.17. The third kappa shape index (κ3) is 3.90. The Morgan fingerprint density at radius 2 is 1.71 bits per heavy atom. The number of hydrogen-bond acceptors (Lipinski definition) is 3. The van der Waals surface area contributed by atoms with E-state index in [9.17, 15) is 8.78 Å². The van der Waals surface area contributed by atoms with Crippen LogP contribution < -0.4 is 10.2 Å². The summed E-state index contributed by atoms with van der Waals surface area (Å²) in [6, 6.07) is 11.4. The Balaban J connectivity index is 1.96. The van der Waals surface area contributed by atoms with Crippen LogP contribution in [0, 0.1) is 13.8 Å². The largest absolute Gasteiger partial charge is 0.368 e. The molecule has 0 aromatic heterocycles. The van der Waals surface area contributed by atoms with E-state index in [-0.39, 0.29) is 5.56 Å². The van der Waals surface area contributed by atoms with Gasteiger partial charge in [0.2, 0.25) is 0 Å². The molecule has 1 fully saturated rings. The van der Waals surface area contributed by atoms with Crippen LogP contribution in [0.4, 0.5) is 14.5 Å². The molecule has 1 N–H and O–H groups in total. The molecule has 5 heteroatoms. The van der Waals surface area contributed by atoms with E-state index in [1.165, 1.54) is 16.0 Å². The molecule has 3 rings (SSSR count). The average molecular weight is 348 g/mol. The van der Waals surface area contributed by atoms with Crippen LogP contribution in [-0.2, 0) is 0 Å². The van der Waals surface area contributed by atoms with Crippen molar-refractivity contribution in [2.24, 2.45) is 0 Å². The fourth-order valence-electron chi connectivity index (χ4n) is 2.94. The predicted octanol–water partition coefficient (Wildman–Crippen LogP) is 4.80. The van der Waals surface area contributed by atoms with Gasteiger partial charge in [-0.25, -0.2) is 8.78 Å². The Morgan fingerprint density at radius 1 is 1.00 bits per heavy atom. The van der Waals surface area contributed by atoms with Crippen molar-refractivity contribution < 1.29 is 8.78 Å². The number of rotatable bonds is 4. The highest BCUT2D eigenvalue weighted by Gasteiger charge is 2.18. The van der Waals surface area contributed by atoms with E-state index >= 15 is 0 Å². The first-order valence-corrected chi connectivity index (χ1v) is 8.99. The monoisotopic (exact) mass is 348 g/mol. The molecule has 0 unspecified atom stereocenters. The van der Waals surface area contributed by atoms with Gasteiger partial charge in [-0.15, -0.1) is 0 Å². The molecule has 1 aliphatic heterocycles. The van der Waals surface area contributed by atoms with Gasteiger partial charge >= 0.3 is 0 Å². The molecule has 2 aromatic rings. The minimum absolute atomic E-state index is 0.0912. The lowest BCUT2D eigenvalue weighted by Crippen LogP contribution is -2.43. The average Bonchev–Trinajstić information content (AvgIpc) is 2.58.